The van der Waals surface area contributed by atoms with Crippen LogP contribution in [0, 0.1) is 11.3 Å². The molecule has 1 amide bonds. The number of nitrogens with zero attached hydrogens (tertiary/aromatic N) is 3. The lowest BCUT2D eigenvalue weighted by Gasteiger charge is -2.23. The second-order valence-electron chi connectivity index (χ2n) is 7.11. The van der Waals surface area contributed by atoms with Crippen molar-refractivity contribution in [2.24, 2.45) is 0 Å². The van der Waals surface area contributed by atoms with E-state index in [1.807, 2.05) is 0 Å². The molecule has 0 saturated carbocycles. The van der Waals surface area contributed by atoms with E-state index in [2.05, 4.69) is 16.5 Å². The molecule has 0 bridgehead atoms. The Morgan fingerprint density at radius 2 is 2.24 bits per heavy atom. The summed E-state index contributed by atoms with van der Waals surface area (Å²) < 4.78 is 12.9. The number of aromatic nitrogens is 2. The zero-order valence-corrected chi connectivity index (χ0v) is 14.7. The molecule has 7 nitrogen and oxygen atoms in total. The molecular weight excluding hydrogens is 320 g/mol. The Morgan fingerprint density at radius 3 is 2.88 bits per heavy atom. The molecule has 1 N–H and O–H groups in total. The van der Waals surface area contributed by atoms with Gasteiger partial charge in [-0.05, 0) is 52.2 Å². The third kappa shape index (κ3) is 3.91. The molecule has 7 heteroatoms. The van der Waals surface area contributed by atoms with Gasteiger partial charge >= 0.3 is 6.09 Å². The number of amides is 1. The zero-order chi connectivity index (χ0) is 18.0. The average molecular weight is 342 g/mol. The number of hydrogen-bond donors (Lipinski definition) is 1. The smallest absolute Gasteiger partial charge is 0.412 e. The number of carbonyl (C=O) groups is 1. The van der Waals surface area contributed by atoms with E-state index >= 15 is 0 Å². The van der Waals surface area contributed by atoms with Crippen molar-refractivity contribution in [3.05, 3.63) is 23.9 Å². The molecular formula is C18H22N4O3. The Bertz CT molecular complexity index is 823. The molecule has 2 heterocycles. The minimum atomic E-state index is -0.601. The topological polar surface area (TPSA) is 89.2 Å². The van der Waals surface area contributed by atoms with Crippen molar-refractivity contribution >= 4 is 22.7 Å². The summed E-state index contributed by atoms with van der Waals surface area (Å²) in [6.07, 6.45) is 3.97. The molecule has 1 saturated heterocycles. The predicted molar refractivity (Wildman–Crippen MR) is 93.1 cm³/mol. The molecule has 0 aliphatic carbocycles. The lowest BCUT2D eigenvalue weighted by molar-refractivity contribution is -0.0366. The fourth-order valence-corrected chi connectivity index (χ4v) is 2.87. The van der Waals surface area contributed by atoms with Gasteiger partial charge in [0.25, 0.3) is 0 Å². The molecule has 1 atom stereocenters. The molecule has 25 heavy (non-hydrogen) atoms. The van der Waals surface area contributed by atoms with Gasteiger partial charge in [-0.3, -0.25) is 5.32 Å². The maximum atomic E-state index is 12.1. The molecule has 0 radical (unpaired) electrons. The van der Waals surface area contributed by atoms with Crippen LogP contribution in [0.2, 0.25) is 0 Å². The van der Waals surface area contributed by atoms with Crippen molar-refractivity contribution in [1.82, 2.24) is 9.78 Å². The zero-order valence-electron chi connectivity index (χ0n) is 14.7. The van der Waals surface area contributed by atoms with Crippen molar-refractivity contribution in [3.8, 4) is 6.07 Å². The van der Waals surface area contributed by atoms with Gasteiger partial charge in [-0.1, -0.05) is 0 Å². The Balaban J connectivity index is 1.97. The van der Waals surface area contributed by atoms with E-state index < -0.39 is 11.7 Å². The van der Waals surface area contributed by atoms with Crippen LogP contribution in [0.5, 0.6) is 0 Å². The molecule has 1 aliphatic heterocycles. The summed E-state index contributed by atoms with van der Waals surface area (Å²) >= 11 is 0. The minimum absolute atomic E-state index is 0.144. The Hall–Kier alpha value is -2.59. The SMILES string of the molecule is CC(C)(C)OC(=O)Nc1cc(C#N)cc2c1cnn2C1CCCCO1. The fourth-order valence-electron chi connectivity index (χ4n) is 2.87. The van der Waals surface area contributed by atoms with Crippen LogP contribution < -0.4 is 5.32 Å². The average Bonchev–Trinajstić information content (AvgIpc) is 2.98. The van der Waals surface area contributed by atoms with E-state index in [4.69, 9.17) is 9.47 Å². The first kappa shape index (κ1) is 17.2. The van der Waals surface area contributed by atoms with Crippen LogP contribution in [-0.4, -0.2) is 28.1 Å². The molecule has 0 spiro atoms. The van der Waals surface area contributed by atoms with Gasteiger partial charge in [0.2, 0.25) is 0 Å². The maximum absolute atomic E-state index is 12.1. The highest BCUT2D eigenvalue weighted by Gasteiger charge is 2.22. The fraction of sp³-hybridized carbons (Fsp3) is 0.500. The van der Waals surface area contributed by atoms with E-state index in [9.17, 15) is 10.1 Å². The van der Waals surface area contributed by atoms with Gasteiger partial charge in [-0.15, -0.1) is 0 Å². The quantitative estimate of drug-likeness (QED) is 0.892. The summed E-state index contributed by atoms with van der Waals surface area (Å²) in [5.74, 6) is 0. The number of fused-ring (bicyclic) bond motifs is 1. The van der Waals surface area contributed by atoms with Gasteiger partial charge in [0.1, 0.15) is 5.60 Å². The summed E-state index contributed by atoms with van der Waals surface area (Å²) in [5, 5.41) is 17.2. The molecule has 1 aliphatic rings. The second kappa shape index (κ2) is 6.73. The van der Waals surface area contributed by atoms with Gasteiger partial charge in [0.05, 0.1) is 29.0 Å². The normalized spacial score (nSPS) is 17.9. The van der Waals surface area contributed by atoms with E-state index in [1.54, 1.807) is 43.8 Å². The number of hydrogen-bond acceptors (Lipinski definition) is 5. The van der Waals surface area contributed by atoms with E-state index in [0.29, 0.717) is 17.9 Å². The molecule has 2 aromatic rings. The van der Waals surface area contributed by atoms with E-state index in [1.165, 1.54) is 0 Å². The number of ether oxygens (including phenoxy) is 2. The van der Waals surface area contributed by atoms with Crippen LogP contribution in [0.15, 0.2) is 18.3 Å². The Kier molecular flexibility index (Phi) is 4.64. The number of rotatable bonds is 2. The molecule has 1 unspecified atom stereocenters. The summed E-state index contributed by atoms with van der Waals surface area (Å²) in [7, 11) is 0. The monoisotopic (exact) mass is 342 g/mol. The van der Waals surface area contributed by atoms with Crippen LogP contribution in [-0.2, 0) is 9.47 Å². The number of nitriles is 1. The predicted octanol–water partition coefficient (Wildman–Crippen LogP) is 3.95. The molecule has 1 aromatic heterocycles. The van der Waals surface area contributed by atoms with E-state index in [0.717, 1.165) is 30.2 Å². The Labute approximate surface area is 146 Å². The first-order chi connectivity index (χ1) is 11.9. The highest BCUT2D eigenvalue weighted by Crippen LogP contribution is 2.31. The van der Waals surface area contributed by atoms with Gasteiger partial charge in [-0.2, -0.15) is 10.4 Å². The summed E-state index contributed by atoms with van der Waals surface area (Å²) in [5.41, 5.74) is 1.11. The number of anilines is 1. The third-order valence-electron chi connectivity index (χ3n) is 3.91. The molecule has 1 fully saturated rings. The largest absolute Gasteiger partial charge is 0.444 e. The summed E-state index contributed by atoms with van der Waals surface area (Å²) in [6, 6.07) is 5.52. The van der Waals surface area contributed by atoms with Crippen molar-refractivity contribution in [3.63, 3.8) is 0 Å². The van der Waals surface area contributed by atoms with Crippen LogP contribution in [0.1, 0.15) is 51.8 Å². The van der Waals surface area contributed by atoms with Crippen LogP contribution in [0.4, 0.5) is 10.5 Å². The van der Waals surface area contributed by atoms with Crippen LogP contribution in [0.3, 0.4) is 0 Å². The van der Waals surface area contributed by atoms with E-state index in [-0.39, 0.29) is 6.23 Å². The Morgan fingerprint density at radius 1 is 1.44 bits per heavy atom. The lowest BCUT2D eigenvalue weighted by atomic mass is 10.1. The molecule has 132 valence electrons. The summed E-state index contributed by atoms with van der Waals surface area (Å²) in [4.78, 5) is 12.1. The second-order valence-corrected chi connectivity index (χ2v) is 7.11. The highest BCUT2D eigenvalue weighted by atomic mass is 16.6. The van der Waals surface area contributed by atoms with Gasteiger partial charge < -0.3 is 9.47 Å². The van der Waals surface area contributed by atoms with Crippen molar-refractivity contribution < 1.29 is 14.3 Å². The third-order valence-corrected chi connectivity index (χ3v) is 3.91. The molecule has 1 aromatic carbocycles. The van der Waals surface area contributed by atoms with Crippen molar-refractivity contribution in [2.45, 2.75) is 51.9 Å². The highest BCUT2D eigenvalue weighted by molar-refractivity contribution is 5.99. The van der Waals surface area contributed by atoms with Crippen molar-refractivity contribution in [1.29, 1.82) is 5.26 Å². The van der Waals surface area contributed by atoms with Gasteiger partial charge in [0, 0.05) is 12.0 Å². The number of carbonyl (C=O) groups excluding carboxylic acids is 1. The standard InChI is InChI=1S/C18H22N4O3/c1-18(2,3)25-17(23)21-14-8-12(10-19)9-15-13(14)11-20-22(15)16-6-4-5-7-24-16/h8-9,11,16H,4-7H2,1-3H3,(H,21,23). The van der Waals surface area contributed by atoms with Crippen LogP contribution in [0.25, 0.3) is 10.9 Å². The molecule has 3 rings (SSSR count). The lowest BCUT2D eigenvalue weighted by Crippen LogP contribution is -2.27. The summed E-state index contributed by atoms with van der Waals surface area (Å²) in [6.45, 7) is 6.10. The maximum Gasteiger partial charge on any atom is 0.412 e. The minimum Gasteiger partial charge on any atom is -0.444 e. The number of nitrogens with one attached hydrogen (secondary N) is 1. The number of benzene rings is 1. The first-order valence-electron chi connectivity index (χ1n) is 8.40. The van der Waals surface area contributed by atoms with Gasteiger partial charge in [0.15, 0.2) is 6.23 Å². The first-order valence-corrected chi connectivity index (χ1v) is 8.40. The van der Waals surface area contributed by atoms with Crippen molar-refractivity contribution in [2.75, 3.05) is 11.9 Å². The van der Waals surface area contributed by atoms with Crippen LogP contribution >= 0.6 is 0 Å². The van der Waals surface area contributed by atoms with Gasteiger partial charge in [-0.25, -0.2) is 9.48 Å².